The molecule has 0 saturated carbocycles. The van der Waals surface area contributed by atoms with E-state index < -0.39 is 0 Å². The van der Waals surface area contributed by atoms with Gasteiger partial charge in [0.25, 0.3) is 0 Å². The molecule has 0 atom stereocenters. The molecule has 0 heterocycles. The van der Waals surface area contributed by atoms with Gasteiger partial charge in [-0.1, -0.05) is 38.4 Å². The van der Waals surface area contributed by atoms with Crippen LogP contribution < -0.4 is 5.32 Å². The summed E-state index contributed by atoms with van der Waals surface area (Å²) < 4.78 is 0. The molecule has 1 aromatic rings. The van der Waals surface area contributed by atoms with Crippen LogP contribution >= 0.6 is 23.4 Å². The second-order valence-electron chi connectivity index (χ2n) is 4.92. The van der Waals surface area contributed by atoms with Gasteiger partial charge in [-0.05, 0) is 48.8 Å². The molecule has 0 aliphatic heterocycles. The van der Waals surface area contributed by atoms with E-state index in [1.165, 1.54) is 22.6 Å². The smallest absolute Gasteiger partial charge is 0.0462 e. The van der Waals surface area contributed by atoms with Gasteiger partial charge in [-0.25, -0.2) is 0 Å². The van der Waals surface area contributed by atoms with E-state index in [9.17, 15) is 0 Å². The van der Waals surface area contributed by atoms with Gasteiger partial charge < -0.3 is 5.32 Å². The summed E-state index contributed by atoms with van der Waals surface area (Å²) in [7, 11) is 0. The fourth-order valence-electron chi connectivity index (χ4n) is 1.64. The third-order valence-electron chi connectivity index (χ3n) is 2.76. The average molecular weight is 286 g/mol. The van der Waals surface area contributed by atoms with Crippen molar-refractivity contribution in [2.75, 3.05) is 12.3 Å². The first-order valence-corrected chi connectivity index (χ1v) is 8.12. The number of nitrogens with one attached hydrogen (secondary N) is 1. The van der Waals surface area contributed by atoms with E-state index in [4.69, 9.17) is 11.6 Å². The van der Waals surface area contributed by atoms with Crippen LogP contribution in [0.3, 0.4) is 0 Å². The van der Waals surface area contributed by atoms with Gasteiger partial charge in [0.15, 0.2) is 0 Å². The molecule has 0 spiro atoms. The SMILES string of the molecule is CCCNCc1c(Cl)cccc1SCCC(C)C. The number of halogens is 1. The monoisotopic (exact) mass is 285 g/mol. The number of hydrogen-bond donors (Lipinski definition) is 1. The fourth-order valence-corrected chi connectivity index (χ4v) is 3.28. The second kappa shape index (κ2) is 8.84. The summed E-state index contributed by atoms with van der Waals surface area (Å²) in [5.74, 6) is 1.93. The lowest BCUT2D eigenvalue weighted by molar-refractivity contribution is 0.631. The minimum absolute atomic E-state index is 0.762. The Bertz CT molecular complexity index is 352. The number of hydrogen-bond acceptors (Lipinski definition) is 2. The summed E-state index contributed by atoms with van der Waals surface area (Å²) in [6.45, 7) is 8.63. The highest BCUT2D eigenvalue weighted by atomic mass is 35.5. The number of thioether (sulfide) groups is 1. The first kappa shape index (κ1) is 15.9. The van der Waals surface area contributed by atoms with Crippen LogP contribution in [-0.4, -0.2) is 12.3 Å². The van der Waals surface area contributed by atoms with Crippen molar-refractivity contribution < 1.29 is 0 Å². The predicted octanol–water partition coefficient (Wildman–Crippen LogP) is 4.98. The normalized spacial score (nSPS) is 11.2. The molecule has 0 aliphatic carbocycles. The van der Waals surface area contributed by atoms with Crippen molar-refractivity contribution in [3.63, 3.8) is 0 Å². The summed E-state index contributed by atoms with van der Waals surface area (Å²) in [5.41, 5.74) is 1.25. The van der Waals surface area contributed by atoms with Crippen LogP contribution in [0.15, 0.2) is 23.1 Å². The Hall–Kier alpha value is -0.180. The molecule has 1 N–H and O–H groups in total. The van der Waals surface area contributed by atoms with Crippen LogP contribution in [0.1, 0.15) is 39.2 Å². The van der Waals surface area contributed by atoms with Gasteiger partial charge in [0.2, 0.25) is 0 Å². The zero-order valence-electron chi connectivity index (χ0n) is 11.6. The molecule has 0 amide bonds. The second-order valence-corrected chi connectivity index (χ2v) is 6.47. The average Bonchev–Trinajstić information content (AvgIpc) is 2.32. The van der Waals surface area contributed by atoms with E-state index in [-0.39, 0.29) is 0 Å². The molecule has 0 unspecified atom stereocenters. The molecule has 0 saturated heterocycles. The maximum absolute atomic E-state index is 6.30. The molecule has 0 bridgehead atoms. The first-order chi connectivity index (χ1) is 8.65. The molecule has 1 nitrogen and oxygen atoms in total. The molecule has 0 radical (unpaired) electrons. The Balaban J connectivity index is 2.61. The van der Waals surface area contributed by atoms with Crippen molar-refractivity contribution >= 4 is 23.4 Å². The third kappa shape index (κ3) is 5.64. The Morgan fingerprint density at radius 1 is 1.33 bits per heavy atom. The molecular formula is C15H24ClNS. The Kier molecular flexibility index (Phi) is 7.80. The first-order valence-electron chi connectivity index (χ1n) is 6.76. The summed E-state index contributed by atoms with van der Waals surface area (Å²) in [5, 5.41) is 4.32. The standard InChI is InChI=1S/C15H24ClNS/c1-4-9-17-11-13-14(16)6-5-7-15(13)18-10-8-12(2)3/h5-7,12,17H,4,8-11H2,1-3H3. The lowest BCUT2D eigenvalue weighted by Crippen LogP contribution is -2.14. The topological polar surface area (TPSA) is 12.0 Å². The van der Waals surface area contributed by atoms with E-state index in [1.807, 2.05) is 23.9 Å². The molecule has 0 aliphatic rings. The maximum atomic E-state index is 6.30. The van der Waals surface area contributed by atoms with Crippen LogP contribution in [0, 0.1) is 5.92 Å². The van der Waals surface area contributed by atoms with Gasteiger partial charge in [-0.15, -0.1) is 11.8 Å². The maximum Gasteiger partial charge on any atom is 0.0462 e. The van der Waals surface area contributed by atoms with Crippen LogP contribution in [0.2, 0.25) is 5.02 Å². The molecular weight excluding hydrogens is 262 g/mol. The minimum Gasteiger partial charge on any atom is -0.313 e. The van der Waals surface area contributed by atoms with Crippen LogP contribution in [0.5, 0.6) is 0 Å². The largest absolute Gasteiger partial charge is 0.313 e. The van der Waals surface area contributed by atoms with Crippen molar-refractivity contribution in [3.05, 3.63) is 28.8 Å². The van der Waals surface area contributed by atoms with E-state index in [0.29, 0.717) is 0 Å². The van der Waals surface area contributed by atoms with Gasteiger partial charge in [-0.3, -0.25) is 0 Å². The van der Waals surface area contributed by atoms with E-state index >= 15 is 0 Å². The van der Waals surface area contributed by atoms with Crippen LogP contribution in [0.4, 0.5) is 0 Å². The number of rotatable bonds is 8. The predicted molar refractivity (Wildman–Crippen MR) is 83.6 cm³/mol. The number of benzene rings is 1. The molecule has 0 aromatic heterocycles. The third-order valence-corrected chi connectivity index (χ3v) is 4.24. The molecule has 18 heavy (non-hydrogen) atoms. The highest BCUT2D eigenvalue weighted by molar-refractivity contribution is 7.99. The van der Waals surface area contributed by atoms with Crippen LogP contribution in [0.25, 0.3) is 0 Å². The van der Waals surface area contributed by atoms with Crippen molar-refractivity contribution in [3.8, 4) is 0 Å². The van der Waals surface area contributed by atoms with Gasteiger partial charge in [0.1, 0.15) is 0 Å². The summed E-state index contributed by atoms with van der Waals surface area (Å²) >= 11 is 8.22. The molecule has 1 rings (SSSR count). The lowest BCUT2D eigenvalue weighted by Gasteiger charge is -2.12. The Labute approximate surface area is 121 Å². The fraction of sp³-hybridized carbons (Fsp3) is 0.600. The van der Waals surface area contributed by atoms with Crippen LogP contribution in [-0.2, 0) is 6.54 Å². The zero-order valence-corrected chi connectivity index (χ0v) is 13.2. The lowest BCUT2D eigenvalue weighted by atomic mass is 10.2. The van der Waals surface area contributed by atoms with Gasteiger partial charge in [-0.2, -0.15) is 0 Å². The Morgan fingerprint density at radius 3 is 2.78 bits per heavy atom. The van der Waals surface area contributed by atoms with Crippen molar-refractivity contribution in [2.24, 2.45) is 5.92 Å². The van der Waals surface area contributed by atoms with Crippen molar-refractivity contribution in [2.45, 2.75) is 45.1 Å². The molecule has 102 valence electrons. The summed E-state index contributed by atoms with van der Waals surface area (Å²) in [6.07, 6.45) is 2.40. The van der Waals surface area contributed by atoms with Crippen molar-refractivity contribution in [1.29, 1.82) is 0 Å². The quantitative estimate of drug-likeness (QED) is 0.534. The zero-order chi connectivity index (χ0) is 13.4. The van der Waals surface area contributed by atoms with Crippen molar-refractivity contribution in [1.82, 2.24) is 5.32 Å². The van der Waals surface area contributed by atoms with E-state index in [1.54, 1.807) is 0 Å². The summed E-state index contributed by atoms with van der Waals surface area (Å²) in [6, 6.07) is 6.21. The molecule has 0 fully saturated rings. The highest BCUT2D eigenvalue weighted by Gasteiger charge is 2.07. The molecule has 1 aromatic carbocycles. The van der Waals surface area contributed by atoms with E-state index in [0.717, 1.165) is 30.5 Å². The minimum atomic E-state index is 0.762. The highest BCUT2D eigenvalue weighted by Crippen LogP contribution is 2.29. The Morgan fingerprint density at radius 2 is 2.11 bits per heavy atom. The van der Waals surface area contributed by atoms with Gasteiger partial charge in [0.05, 0.1) is 0 Å². The summed E-state index contributed by atoms with van der Waals surface area (Å²) in [4.78, 5) is 1.33. The molecule has 3 heteroatoms. The van der Waals surface area contributed by atoms with Gasteiger partial charge in [0, 0.05) is 16.5 Å². The van der Waals surface area contributed by atoms with E-state index in [2.05, 4.69) is 32.2 Å². The van der Waals surface area contributed by atoms with Gasteiger partial charge >= 0.3 is 0 Å².